The van der Waals surface area contributed by atoms with Gasteiger partial charge in [0, 0.05) is 32.7 Å². The first kappa shape index (κ1) is 17.0. The van der Waals surface area contributed by atoms with Gasteiger partial charge >= 0.3 is 0 Å². The first-order valence-electron chi connectivity index (χ1n) is 9.13. The third kappa shape index (κ3) is 4.03. The van der Waals surface area contributed by atoms with E-state index in [4.69, 9.17) is 4.74 Å². The van der Waals surface area contributed by atoms with Crippen LogP contribution in [-0.2, 0) is 13.0 Å². The molecule has 0 spiro atoms. The van der Waals surface area contributed by atoms with Crippen molar-refractivity contribution in [2.24, 2.45) is 0 Å². The summed E-state index contributed by atoms with van der Waals surface area (Å²) in [6.07, 6.45) is 2.48. The normalized spacial score (nSPS) is 20.2. The van der Waals surface area contributed by atoms with Crippen LogP contribution in [-0.4, -0.2) is 71.2 Å². The molecule has 2 aliphatic heterocycles. The van der Waals surface area contributed by atoms with Gasteiger partial charge in [0.25, 0.3) is 5.91 Å². The Morgan fingerprint density at radius 3 is 3.00 bits per heavy atom. The maximum absolute atomic E-state index is 12.4. The number of hydrogen-bond donors (Lipinski definition) is 2. The van der Waals surface area contributed by atoms with Gasteiger partial charge in [-0.15, -0.1) is 5.10 Å². The van der Waals surface area contributed by atoms with Crippen LogP contribution in [0.3, 0.4) is 0 Å². The number of amides is 1. The van der Waals surface area contributed by atoms with E-state index in [-0.39, 0.29) is 11.9 Å². The first-order valence-corrected chi connectivity index (χ1v) is 9.13. The van der Waals surface area contributed by atoms with E-state index in [0.717, 1.165) is 57.0 Å². The second-order valence-electron chi connectivity index (χ2n) is 6.75. The number of nitrogens with one attached hydrogen (secondary N) is 2. The van der Waals surface area contributed by atoms with Crippen molar-refractivity contribution in [3.63, 3.8) is 0 Å². The van der Waals surface area contributed by atoms with Gasteiger partial charge in [-0.25, -0.2) is 0 Å². The van der Waals surface area contributed by atoms with E-state index < -0.39 is 0 Å². The molecule has 1 saturated heterocycles. The average Bonchev–Trinajstić information content (AvgIpc) is 3.16. The van der Waals surface area contributed by atoms with Gasteiger partial charge in [0.15, 0.2) is 5.69 Å². The third-order valence-electron chi connectivity index (χ3n) is 4.84. The largest absolute Gasteiger partial charge is 0.491 e. The van der Waals surface area contributed by atoms with Crippen molar-refractivity contribution in [1.29, 1.82) is 0 Å². The van der Waals surface area contributed by atoms with Crippen molar-refractivity contribution in [3.8, 4) is 5.75 Å². The predicted molar refractivity (Wildman–Crippen MR) is 96.2 cm³/mol. The van der Waals surface area contributed by atoms with Gasteiger partial charge in [-0.3, -0.25) is 14.4 Å². The van der Waals surface area contributed by atoms with Gasteiger partial charge in [0.2, 0.25) is 0 Å². The molecule has 138 valence electrons. The van der Waals surface area contributed by atoms with Crippen LogP contribution in [0.2, 0.25) is 0 Å². The monoisotopic (exact) mass is 356 g/mol. The zero-order valence-electron chi connectivity index (χ0n) is 14.7. The molecule has 2 aromatic rings. The molecule has 0 aliphatic carbocycles. The lowest BCUT2D eigenvalue weighted by atomic mass is 10.0. The minimum absolute atomic E-state index is 0.0524. The van der Waals surface area contributed by atoms with Crippen molar-refractivity contribution >= 4 is 5.91 Å². The van der Waals surface area contributed by atoms with E-state index in [9.17, 15) is 4.79 Å². The van der Waals surface area contributed by atoms with Crippen molar-refractivity contribution in [1.82, 2.24) is 30.5 Å². The zero-order chi connectivity index (χ0) is 17.8. The lowest BCUT2D eigenvalue weighted by molar-refractivity contribution is 0.0910. The van der Waals surface area contributed by atoms with E-state index in [2.05, 4.69) is 25.8 Å². The highest BCUT2D eigenvalue weighted by molar-refractivity contribution is 5.92. The molecule has 2 aliphatic rings. The van der Waals surface area contributed by atoms with Gasteiger partial charge < -0.3 is 15.4 Å². The second-order valence-corrected chi connectivity index (χ2v) is 6.75. The molecule has 1 amide bonds. The third-order valence-corrected chi connectivity index (χ3v) is 4.84. The molecule has 1 aromatic heterocycles. The van der Waals surface area contributed by atoms with Crippen molar-refractivity contribution < 1.29 is 9.53 Å². The van der Waals surface area contributed by atoms with Gasteiger partial charge in [-0.1, -0.05) is 23.4 Å². The van der Waals surface area contributed by atoms with Gasteiger partial charge in [-0.2, -0.15) is 0 Å². The van der Waals surface area contributed by atoms with Crippen LogP contribution in [0.5, 0.6) is 5.75 Å². The van der Waals surface area contributed by atoms with Crippen LogP contribution in [0.15, 0.2) is 30.5 Å². The minimum Gasteiger partial charge on any atom is -0.491 e. The number of aromatic nitrogens is 3. The van der Waals surface area contributed by atoms with E-state index in [1.165, 1.54) is 0 Å². The van der Waals surface area contributed by atoms with Crippen molar-refractivity contribution in [3.05, 3.63) is 41.7 Å². The summed E-state index contributed by atoms with van der Waals surface area (Å²) < 4.78 is 7.46. The van der Waals surface area contributed by atoms with E-state index >= 15 is 0 Å². The summed E-state index contributed by atoms with van der Waals surface area (Å²) in [4.78, 5) is 14.8. The molecule has 26 heavy (non-hydrogen) atoms. The van der Waals surface area contributed by atoms with Crippen molar-refractivity contribution in [2.45, 2.75) is 19.0 Å². The standard InChI is InChI=1S/C18H24N6O2/c25-18(20-15-11-14-3-1-2-4-17(14)26-13-15)16-12-24(22-21-16)10-9-23-7-5-19-6-8-23/h1-4,12,15,19H,5-11,13H2,(H,20,25)/t15-/m0/s1. The number of nitrogens with zero attached hydrogens (tertiary/aromatic N) is 4. The lowest BCUT2D eigenvalue weighted by Gasteiger charge is -2.26. The highest BCUT2D eigenvalue weighted by atomic mass is 16.5. The zero-order valence-corrected chi connectivity index (χ0v) is 14.7. The number of carbonyl (C=O) groups excluding carboxylic acids is 1. The fourth-order valence-corrected chi connectivity index (χ4v) is 3.37. The summed E-state index contributed by atoms with van der Waals surface area (Å²) in [5, 5.41) is 14.4. The summed E-state index contributed by atoms with van der Waals surface area (Å²) in [5.41, 5.74) is 1.47. The van der Waals surface area contributed by atoms with Crippen LogP contribution in [0, 0.1) is 0 Å². The molecule has 0 radical (unpaired) electrons. The highest BCUT2D eigenvalue weighted by Crippen LogP contribution is 2.23. The number of carbonyl (C=O) groups is 1. The van der Waals surface area contributed by atoms with Crippen LogP contribution >= 0.6 is 0 Å². The maximum Gasteiger partial charge on any atom is 0.273 e. The number of piperazine rings is 1. The van der Waals surface area contributed by atoms with Crippen LogP contribution < -0.4 is 15.4 Å². The Kier molecular flexibility index (Phi) is 5.12. The number of ether oxygens (including phenoxy) is 1. The summed E-state index contributed by atoms with van der Waals surface area (Å²) in [6, 6.07) is 7.87. The Morgan fingerprint density at radius 2 is 2.12 bits per heavy atom. The molecule has 8 heteroatoms. The molecule has 1 aromatic carbocycles. The number of rotatable bonds is 5. The van der Waals surface area contributed by atoms with Crippen molar-refractivity contribution in [2.75, 3.05) is 39.3 Å². The Morgan fingerprint density at radius 1 is 1.27 bits per heavy atom. The van der Waals surface area contributed by atoms with E-state index in [1.54, 1.807) is 10.9 Å². The average molecular weight is 356 g/mol. The van der Waals surface area contributed by atoms with Gasteiger partial charge in [0.05, 0.1) is 18.8 Å². The smallest absolute Gasteiger partial charge is 0.273 e. The summed E-state index contributed by atoms with van der Waals surface area (Å²) >= 11 is 0. The number of benzene rings is 1. The molecule has 3 heterocycles. The van der Waals surface area contributed by atoms with Crippen LogP contribution in [0.25, 0.3) is 0 Å². The number of para-hydroxylation sites is 1. The molecule has 8 nitrogen and oxygen atoms in total. The SMILES string of the molecule is O=C(N[C@@H]1COc2ccccc2C1)c1cn(CCN2CCNCC2)nn1. The first-order chi connectivity index (χ1) is 12.8. The maximum atomic E-state index is 12.4. The lowest BCUT2D eigenvalue weighted by Crippen LogP contribution is -2.44. The topological polar surface area (TPSA) is 84.3 Å². The fourth-order valence-electron chi connectivity index (χ4n) is 3.37. The van der Waals surface area contributed by atoms with Gasteiger partial charge in [0.1, 0.15) is 12.4 Å². The van der Waals surface area contributed by atoms with Crippen LogP contribution in [0.4, 0.5) is 0 Å². The predicted octanol–water partition coefficient (Wildman–Crippen LogP) is -0.0832. The molecule has 4 rings (SSSR count). The molecule has 0 unspecified atom stereocenters. The molecule has 1 atom stereocenters. The number of fused-ring (bicyclic) bond motifs is 1. The summed E-state index contributed by atoms with van der Waals surface area (Å²) in [6.45, 7) is 6.27. The Bertz CT molecular complexity index is 756. The molecular formula is C18H24N6O2. The minimum atomic E-state index is -0.202. The van der Waals surface area contributed by atoms with Gasteiger partial charge in [-0.05, 0) is 18.1 Å². The Balaban J connectivity index is 1.29. The Labute approximate surface area is 152 Å². The van der Waals surface area contributed by atoms with E-state index in [0.29, 0.717) is 12.3 Å². The summed E-state index contributed by atoms with van der Waals surface area (Å²) in [7, 11) is 0. The fraction of sp³-hybridized carbons (Fsp3) is 0.500. The molecule has 0 saturated carbocycles. The summed E-state index contributed by atoms with van der Waals surface area (Å²) in [5.74, 6) is 0.697. The molecule has 0 bridgehead atoms. The number of hydrogen-bond acceptors (Lipinski definition) is 6. The molecule has 2 N–H and O–H groups in total. The molecule has 1 fully saturated rings. The quantitative estimate of drug-likeness (QED) is 0.779. The second kappa shape index (κ2) is 7.84. The Hall–Kier alpha value is -2.45. The van der Waals surface area contributed by atoms with E-state index in [1.807, 2.05) is 24.3 Å². The highest BCUT2D eigenvalue weighted by Gasteiger charge is 2.22. The molecular weight excluding hydrogens is 332 g/mol. The van der Waals surface area contributed by atoms with Crippen LogP contribution in [0.1, 0.15) is 16.1 Å².